The predicted molar refractivity (Wildman–Crippen MR) is 127 cm³/mol. The van der Waals surface area contributed by atoms with E-state index in [1.807, 2.05) is 12.1 Å². The Morgan fingerprint density at radius 3 is 2.54 bits per heavy atom. The van der Waals surface area contributed by atoms with Crippen molar-refractivity contribution in [3.05, 3.63) is 42.5 Å². The number of ether oxygens (including phenoxy) is 5. The molecule has 35 heavy (non-hydrogen) atoms. The average molecular weight is 489 g/mol. The van der Waals surface area contributed by atoms with E-state index in [0.29, 0.717) is 6.42 Å². The van der Waals surface area contributed by atoms with E-state index in [0.717, 1.165) is 30.2 Å². The van der Waals surface area contributed by atoms with Crippen LogP contribution >= 0.6 is 0 Å². The molecule has 0 bridgehead atoms. The number of pyridine rings is 1. The monoisotopic (exact) mass is 488 g/mol. The molecule has 10 heteroatoms. The molecule has 10 nitrogen and oxygen atoms in total. The fourth-order valence-electron chi connectivity index (χ4n) is 4.93. The third-order valence-corrected chi connectivity index (χ3v) is 6.86. The lowest BCUT2D eigenvalue weighted by Crippen LogP contribution is -2.80. The Labute approximate surface area is 206 Å². The third kappa shape index (κ3) is 6.07. The van der Waals surface area contributed by atoms with Crippen LogP contribution in [0.1, 0.15) is 38.3 Å². The SMILES string of the molecule is COCO[C@@]1(Cc2cc(O[C@H]3CC[C@H](C)CC3)ccn2)C(O)N(COC)[C@H]1COc1ncccn1. The van der Waals surface area contributed by atoms with Crippen LogP contribution in [0.5, 0.6) is 11.8 Å². The molecule has 0 radical (unpaired) electrons. The smallest absolute Gasteiger partial charge is 0.316 e. The molecule has 1 aliphatic carbocycles. The van der Waals surface area contributed by atoms with E-state index in [9.17, 15) is 5.11 Å². The van der Waals surface area contributed by atoms with Crippen molar-refractivity contribution in [2.45, 2.75) is 63.0 Å². The molecule has 2 fully saturated rings. The molecule has 0 spiro atoms. The van der Waals surface area contributed by atoms with Crippen molar-refractivity contribution < 1.29 is 28.8 Å². The Hall–Kier alpha value is -2.37. The van der Waals surface area contributed by atoms with Gasteiger partial charge in [0.1, 0.15) is 37.7 Å². The Kier molecular flexibility index (Phi) is 8.85. The minimum atomic E-state index is -1.03. The summed E-state index contributed by atoms with van der Waals surface area (Å²) in [4.78, 5) is 14.6. The van der Waals surface area contributed by atoms with E-state index in [1.54, 1.807) is 43.8 Å². The lowest BCUT2D eigenvalue weighted by Gasteiger charge is -2.59. The number of likely N-dealkylation sites (tertiary alicyclic amines) is 1. The zero-order valence-corrected chi connectivity index (χ0v) is 20.7. The number of hydrogen-bond acceptors (Lipinski definition) is 10. The number of methoxy groups -OCH3 is 2. The summed E-state index contributed by atoms with van der Waals surface area (Å²) in [7, 11) is 3.13. The second-order valence-corrected chi connectivity index (χ2v) is 9.33. The molecular formula is C25H36N4O6. The maximum Gasteiger partial charge on any atom is 0.316 e. The van der Waals surface area contributed by atoms with Crippen LogP contribution in [-0.2, 0) is 20.6 Å². The molecule has 192 valence electrons. The summed E-state index contributed by atoms with van der Waals surface area (Å²) in [6, 6.07) is 5.42. The third-order valence-electron chi connectivity index (χ3n) is 6.86. The van der Waals surface area contributed by atoms with Crippen molar-refractivity contribution in [2.75, 3.05) is 34.4 Å². The number of hydrogen-bond donors (Lipinski definition) is 1. The van der Waals surface area contributed by atoms with Crippen molar-refractivity contribution in [2.24, 2.45) is 5.92 Å². The molecule has 1 saturated heterocycles. The minimum absolute atomic E-state index is 0.00662. The molecule has 0 aromatic carbocycles. The first kappa shape index (κ1) is 25.7. The zero-order valence-electron chi connectivity index (χ0n) is 20.7. The maximum atomic E-state index is 11.2. The van der Waals surface area contributed by atoms with Crippen molar-refractivity contribution in [3.8, 4) is 11.8 Å². The zero-order chi connectivity index (χ0) is 24.7. The lowest BCUT2D eigenvalue weighted by atomic mass is 9.77. The first-order valence-electron chi connectivity index (χ1n) is 12.1. The van der Waals surface area contributed by atoms with Gasteiger partial charge in [-0.25, -0.2) is 14.9 Å². The standard InChI is InChI=1S/C25H36N4O6/c1-18-5-7-20(8-6-18)35-21-9-12-26-19(13-21)14-25(34-17-32-3)22(29(16-31-2)23(25)30)15-33-24-27-10-4-11-28-24/h4,9-13,18,20,22-23,30H,5-8,14-17H2,1-3H3/t18-,20-,22-,23?,25+/m0/s1. The molecule has 3 heterocycles. The highest BCUT2D eigenvalue weighted by molar-refractivity contribution is 5.26. The molecule has 1 N–H and O–H groups in total. The molecule has 2 aromatic heterocycles. The van der Waals surface area contributed by atoms with Gasteiger partial charge in [0.15, 0.2) is 0 Å². The summed E-state index contributed by atoms with van der Waals surface area (Å²) < 4.78 is 28.8. The van der Waals surface area contributed by atoms with Crippen molar-refractivity contribution in [3.63, 3.8) is 0 Å². The average Bonchev–Trinajstić information content (AvgIpc) is 2.88. The molecule has 1 aliphatic heterocycles. The van der Waals surface area contributed by atoms with Crippen LogP contribution in [-0.4, -0.2) is 83.3 Å². The summed E-state index contributed by atoms with van der Waals surface area (Å²) in [5, 5.41) is 11.2. The Morgan fingerprint density at radius 1 is 1.06 bits per heavy atom. The Bertz CT molecular complexity index is 914. The second-order valence-electron chi connectivity index (χ2n) is 9.33. The number of nitrogens with zero attached hydrogens (tertiary/aromatic N) is 4. The molecular weight excluding hydrogens is 452 g/mol. The first-order chi connectivity index (χ1) is 17.1. The highest BCUT2D eigenvalue weighted by atomic mass is 16.7. The fraction of sp³-hybridized carbons (Fsp3) is 0.640. The highest BCUT2D eigenvalue weighted by Gasteiger charge is 2.62. The molecule has 0 amide bonds. The van der Waals surface area contributed by atoms with Gasteiger partial charge in [0, 0.05) is 51.0 Å². The molecule has 1 saturated carbocycles. The van der Waals surface area contributed by atoms with E-state index in [2.05, 4.69) is 21.9 Å². The van der Waals surface area contributed by atoms with Gasteiger partial charge in [-0.2, -0.15) is 0 Å². The van der Waals surface area contributed by atoms with E-state index in [-0.39, 0.29) is 38.3 Å². The van der Waals surface area contributed by atoms with Gasteiger partial charge < -0.3 is 28.8 Å². The summed E-state index contributed by atoms with van der Waals surface area (Å²) in [6.45, 7) is 2.69. The maximum absolute atomic E-state index is 11.2. The van der Waals surface area contributed by atoms with E-state index in [4.69, 9.17) is 23.7 Å². The number of rotatable bonds is 12. The van der Waals surface area contributed by atoms with Gasteiger partial charge in [-0.05, 0) is 43.7 Å². The van der Waals surface area contributed by atoms with Crippen molar-refractivity contribution in [1.29, 1.82) is 0 Å². The van der Waals surface area contributed by atoms with Gasteiger partial charge in [-0.1, -0.05) is 6.92 Å². The lowest BCUT2D eigenvalue weighted by molar-refractivity contribution is -0.333. The fourth-order valence-corrected chi connectivity index (χ4v) is 4.93. The largest absolute Gasteiger partial charge is 0.490 e. The van der Waals surface area contributed by atoms with Gasteiger partial charge >= 0.3 is 6.01 Å². The van der Waals surface area contributed by atoms with Crippen LogP contribution in [0.4, 0.5) is 0 Å². The summed E-state index contributed by atoms with van der Waals surface area (Å²) in [5.74, 6) is 1.54. The normalized spacial score (nSPS) is 28.9. The van der Waals surface area contributed by atoms with Crippen LogP contribution < -0.4 is 9.47 Å². The van der Waals surface area contributed by atoms with Gasteiger partial charge in [0.05, 0.1) is 12.1 Å². The molecule has 2 aromatic rings. The van der Waals surface area contributed by atoms with Gasteiger partial charge in [0.25, 0.3) is 0 Å². The van der Waals surface area contributed by atoms with Crippen LogP contribution in [0.15, 0.2) is 36.8 Å². The number of aliphatic hydroxyl groups is 1. The van der Waals surface area contributed by atoms with E-state index < -0.39 is 11.8 Å². The second kappa shape index (κ2) is 12.0. The summed E-state index contributed by atoms with van der Waals surface area (Å²) >= 11 is 0. The molecule has 4 rings (SSSR count). The highest BCUT2D eigenvalue weighted by Crippen LogP contribution is 2.41. The van der Waals surface area contributed by atoms with E-state index >= 15 is 0 Å². The minimum Gasteiger partial charge on any atom is -0.490 e. The van der Waals surface area contributed by atoms with Gasteiger partial charge in [0.2, 0.25) is 0 Å². The van der Waals surface area contributed by atoms with E-state index in [1.165, 1.54) is 12.8 Å². The first-order valence-corrected chi connectivity index (χ1v) is 12.1. The van der Waals surface area contributed by atoms with Gasteiger partial charge in [-0.15, -0.1) is 0 Å². The molecule has 3 atom stereocenters. The van der Waals surface area contributed by atoms with Crippen molar-refractivity contribution in [1.82, 2.24) is 19.9 Å². The summed E-state index contributed by atoms with van der Waals surface area (Å²) in [6.07, 6.45) is 9.06. The Morgan fingerprint density at radius 2 is 1.83 bits per heavy atom. The van der Waals surface area contributed by atoms with Crippen LogP contribution in [0, 0.1) is 5.92 Å². The number of aliphatic hydroxyl groups excluding tert-OH is 1. The molecule has 2 aliphatic rings. The Balaban J connectivity index is 1.51. The van der Waals surface area contributed by atoms with Crippen LogP contribution in [0.2, 0.25) is 0 Å². The number of aromatic nitrogens is 3. The topological polar surface area (TPSA) is 108 Å². The van der Waals surface area contributed by atoms with Gasteiger partial charge in [-0.3, -0.25) is 4.98 Å². The predicted octanol–water partition coefficient (Wildman–Crippen LogP) is 2.42. The van der Waals surface area contributed by atoms with Crippen LogP contribution in [0.25, 0.3) is 0 Å². The molecule has 1 unspecified atom stereocenters. The van der Waals surface area contributed by atoms with Crippen molar-refractivity contribution >= 4 is 0 Å². The summed E-state index contributed by atoms with van der Waals surface area (Å²) in [5.41, 5.74) is -0.283. The van der Waals surface area contributed by atoms with Crippen LogP contribution in [0.3, 0.4) is 0 Å². The quantitative estimate of drug-likeness (QED) is 0.448.